The lowest BCUT2D eigenvalue weighted by Gasteiger charge is -2.38. The summed E-state index contributed by atoms with van der Waals surface area (Å²) >= 11 is 0. The summed E-state index contributed by atoms with van der Waals surface area (Å²) in [6.07, 6.45) is 6.21. The maximum Gasteiger partial charge on any atom is 0.241 e. The van der Waals surface area contributed by atoms with Crippen molar-refractivity contribution in [3.05, 3.63) is 0 Å². The molecule has 2 aliphatic rings. The molecule has 2 unspecified atom stereocenters. The van der Waals surface area contributed by atoms with E-state index in [1.54, 1.807) is 0 Å². The third kappa shape index (κ3) is 3.69. The number of rotatable bonds is 3. The number of carbonyl (C=O) groups excluding carboxylic acids is 1. The van der Waals surface area contributed by atoms with Crippen LogP contribution in [0.3, 0.4) is 0 Å². The Kier molecular flexibility index (Phi) is 5.22. The molecule has 0 aromatic carbocycles. The normalized spacial score (nSPS) is 35.9. The topological polar surface area (TPSA) is 44.4 Å². The molecule has 2 N–H and O–H groups in total. The Labute approximate surface area is 117 Å². The van der Waals surface area contributed by atoms with Crippen LogP contribution in [0, 0.1) is 5.92 Å². The molecule has 110 valence electrons. The van der Waals surface area contributed by atoms with Gasteiger partial charge in [-0.25, -0.2) is 0 Å². The van der Waals surface area contributed by atoms with Gasteiger partial charge in [-0.1, -0.05) is 13.3 Å². The molecule has 2 atom stereocenters. The monoisotopic (exact) mass is 267 g/mol. The van der Waals surface area contributed by atoms with Crippen LogP contribution in [0.2, 0.25) is 0 Å². The van der Waals surface area contributed by atoms with Gasteiger partial charge in [0.2, 0.25) is 5.91 Å². The Morgan fingerprint density at radius 1 is 1.16 bits per heavy atom. The first-order valence-corrected chi connectivity index (χ1v) is 7.85. The first kappa shape index (κ1) is 14.8. The SMILES string of the molecule is CCC1CCC(N(C)C(=O)C2CNC(C)CN2)CC1. The van der Waals surface area contributed by atoms with E-state index in [2.05, 4.69) is 24.5 Å². The van der Waals surface area contributed by atoms with Crippen LogP contribution in [0.15, 0.2) is 0 Å². The fourth-order valence-electron chi connectivity index (χ4n) is 3.32. The predicted molar refractivity (Wildman–Crippen MR) is 78.1 cm³/mol. The number of hydrogen-bond donors (Lipinski definition) is 2. The molecule has 0 aromatic rings. The van der Waals surface area contributed by atoms with Gasteiger partial charge in [0.25, 0.3) is 0 Å². The minimum atomic E-state index is -0.0369. The average Bonchev–Trinajstić information content (AvgIpc) is 2.46. The molecule has 4 nitrogen and oxygen atoms in total. The summed E-state index contributed by atoms with van der Waals surface area (Å²) in [6.45, 7) is 6.06. The van der Waals surface area contributed by atoms with Crippen molar-refractivity contribution < 1.29 is 4.79 Å². The van der Waals surface area contributed by atoms with Crippen LogP contribution in [0.5, 0.6) is 0 Å². The summed E-state index contributed by atoms with van der Waals surface area (Å²) in [5.74, 6) is 1.15. The second kappa shape index (κ2) is 6.71. The van der Waals surface area contributed by atoms with Crippen molar-refractivity contribution in [1.29, 1.82) is 0 Å². The van der Waals surface area contributed by atoms with Gasteiger partial charge >= 0.3 is 0 Å². The minimum Gasteiger partial charge on any atom is -0.341 e. The van der Waals surface area contributed by atoms with Gasteiger partial charge in [-0.3, -0.25) is 4.79 Å². The third-order valence-electron chi connectivity index (χ3n) is 4.93. The molecule has 1 heterocycles. The number of hydrogen-bond acceptors (Lipinski definition) is 3. The van der Waals surface area contributed by atoms with Crippen molar-refractivity contribution in [2.24, 2.45) is 5.92 Å². The van der Waals surface area contributed by atoms with Crippen LogP contribution >= 0.6 is 0 Å². The lowest BCUT2D eigenvalue weighted by atomic mass is 9.84. The Bertz CT molecular complexity index is 292. The van der Waals surface area contributed by atoms with Crippen molar-refractivity contribution in [2.75, 3.05) is 20.1 Å². The summed E-state index contributed by atoms with van der Waals surface area (Å²) in [7, 11) is 1.99. The maximum absolute atomic E-state index is 12.5. The summed E-state index contributed by atoms with van der Waals surface area (Å²) < 4.78 is 0. The summed E-state index contributed by atoms with van der Waals surface area (Å²) in [5, 5.41) is 6.73. The smallest absolute Gasteiger partial charge is 0.241 e. The third-order valence-corrected chi connectivity index (χ3v) is 4.93. The van der Waals surface area contributed by atoms with Gasteiger partial charge in [-0.2, -0.15) is 0 Å². The molecular weight excluding hydrogens is 238 g/mol. The molecular formula is C15H29N3O. The highest BCUT2D eigenvalue weighted by Crippen LogP contribution is 2.29. The molecule has 0 aromatic heterocycles. The van der Waals surface area contributed by atoms with Crippen molar-refractivity contribution in [1.82, 2.24) is 15.5 Å². The molecule has 1 amide bonds. The van der Waals surface area contributed by atoms with Crippen LogP contribution in [-0.2, 0) is 4.79 Å². The maximum atomic E-state index is 12.5. The quantitative estimate of drug-likeness (QED) is 0.811. The standard InChI is InChI=1S/C15H29N3O/c1-4-12-5-7-13(8-6-12)18(3)15(19)14-10-16-11(2)9-17-14/h11-14,16-17H,4-10H2,1-3H3. The number of amides is 1. The molecule has 0 bridgehead atoms. The Morgan fingerprint density at radius 2 is 1.84 bits per heavy atom. The molecule has 0 spiro atoms. The highest BCUT2D eigenvalue weighted by Gasteiger charge is 2.31. The van der Waals surface area contributed by atoms with Gasteiger partial charge < -0.3 is 15.5 Å². The van der Waals surface area contributed by atoms with Gasteiger partial charge in [0.05, 0.1) is 6.04 Å². The molecule has 2 rings (SSSR count). The minimum absolute atomic E-state index is 0.0369. The van der Waals surface area contributed by atoms with E-state index in [9.17, 15) is 4.79 Å². The van der Waals surface area contributed by atoms with Crippen LogP contribution < -0.4 is 10.6 Å². The number of nitrogens with zero attached hydrogens (tertiary/aromatic N) is 1. The average molecular weight is 267 g/mol. The predicted octanol–water partition coefficient (Wildman–Crippen LogP) is 1.36. The molecule has 0 radical (unpaired) electrons. The largest absolute Gasteiger partial charge is 0.341 e. The Morgan fingerprint density at radius 3 is 2.37 bits per heavy atom. The summed E-state index contributed by atoms with van der Waals surface area (Å²) in [4.78, 5) is 14.5. The van der Waals surface area contributed by atoms with Crippen molar-refractivity contribution in [3.8, 4) is 0 Å². The van der Waals surface area contributed by atoms with Gasteiger partial charge in [-0.05, 0) is 38.5 Å². The van der Waals surface area contributed by atoms with E-state index in [1.165, 1.54) is 32.1 Å². The van der Waals surface area contributed by atoms with Gasteiger partial charge in [-0.15, -0.1) is 0 Å². The second-order valence-corrected chi connectivity index (χ2v) is 6.30. The lowest BCUT2D eigenvalue weighted by Crippen LogP contribution is -2.60. The van der Waals surface area contributed by atoms with E-state index in [0.717, 1.165) is 19.0 Å². The van der Waals surface area contributed by atoms with E-state index in [0.29, 0.717) is 12.1 Å². The molecule has 2 fully saturated rings. The van der Waals surface area contributed by atoms with Gasteiger partial charge in [0, 0.05) is 32.2 Å². The molecule has 1 saturated carbocycles. The van der Waals surface area contributed by atoms with Crippen LogP contribution in [0.1, 0.15) is 46.0 Å². The number of nitrogens with one attached hydrogen (secondary N) is 2. The molecule has 1 aliphatic carbocycles. The van der Waals surface area contributed by atoms with Gasteiger partial charge in [0.1, 0.15) is 0 Å². The van der Waals surface area contributed by atoms with Crippen LogP contribution in [-0.4, -0.2) is 49.1 Å². The first-order valence-electron chi connectivity index (χ1n) is 7.85. The van der Waals surface area contributed by atoms with Crippen LogP contribution in [0.4, 0.5) is 0 Å². The summed E-state index contributed by atoms with van der Waals surface area (Å²) in [5.41, 5.74) is 0. The van der Waals surface area contributed by atoms with E-state index in [4.69, 9.17) is 0 Å². The zero-order chi connectivity index (χ0) is 13.8. The first-order chi connectivity index (χ1) is 9.11. The van der Waals surface area contributed by atoms with E-state index >= 15 is 0 Å². The zero-order valence-corrected chi connectivity index (χ0v) is 12.6. The second-order valence-electron chi connectivity index (χ2n) is 6.30. The molecule has 4 heteroatoms. The zero-order valence-electron chi connectivity index (χ0n) is 12.6. The van der Waals surface area contributed by atoms with E-state index < -0.39 is 0 Å². The van der Waals surface area contributed by atoms with Crippen LogP contribution in [0.25, 0.3) is 0 Å². The van der Waals surface area contributed by atoms with Crippen molar-refractivity contribution in [2.45, 2.75) is 64.1 Å². The number of likely N-dealkylation sites (N-methyl/N-ethyl adjacent to an activating group) is 1. The lowest BCUT2D eigenvalue weighted by molar-refractivity contribution is -0.135. The van der Waals surface area contributed by atoms with Crippen molar-refractivity contribution in [3.63, 3.8) is 0 Å². The molecule has 19 heavy (non-hydrogen) atoms. The Hall–Kier alpha value is -0.610. The number of carbonyl (C=O) groups is 1. The fraction of sp³-hybridized carbons (Fsp3) is 0.933. The Balaban J connectivity index is 1.82. The summed E-state index contributed by atoms with van der Waals surface area (Å²) in [6, 6.07) is 0.885. The highest BCUT2D eigenvalue weighted by molar-refractivity contribution is 5.82. The van der Waals surface area contributed by atoms with Gasteiger partial charge in [0.15, 0.2) is 0 Å². The molecule has 1 saturated heterocycles. The van der Waals surface area contributed by atoms with Crippen molar-refractivity contribution >= 4 is 5.91 Å². The van der Waals surface area contributed by atoms with E-state index in [-0.39, 0.29) is 11.9 Å². The van der Waals surface area contributed by atoms with E-state index in [1.807, 2.05) is 11.9 Å². The highest BCUT2D eigenvalue weighted by atomic mass is 16.2. The fourth-order valence-corrected chi connectivity index (χ4v) is 3.32. The molecule has 1 aliphatic heterocycles. The number of piperazine rings is 1.